The summed E-state index contributed by atoms with van der Waals surface area (Å²) >= 11 is 0. The van der Waals surface area contributed by atoms with Crippen LogP contribution >= 0.6 is 0 Å². The zero-order chi connectivity index (χ0) is 10.0. The second-order valence-corrected chi connectivity index (χ2v) is 2.61. The van der Waals surface area contributed by atoms with Crippen LogP contribution in [0.1, 0.15) is 24.2 Å². The maximum Gasteiger partial charge on any atom is 0.326 e. The van der Waals surface area contributed by atoms with Crippen molar-refractivity contribution in [1.29, 1.82) is 0 Å². The van der Waals surface area contributed by atoms with Crippen molar-refractivity contribution in [2.75, 3.05) is 0 Å². The first-order valence-corrected chi connectivity index (χ1v) is 3.82. The lowest BCUT2D eigenvalue weighted by Gasteiger charge is -2.07. The number of nitrogens with two attached hydrogens (primary N) is 1. The van der Waals surface area contributed by atoms with Crippen molar-refractivity contribution >= 4 is 5.97 Å². The number of carboxylic acid groups (broad SMARTS) is 1. The highest BCUT2D eigenvalue weighted by Crippen LogP contribution is 2.15. The Morgan fingerprint density at radius 1 is 1.85 bits per heavy atom. The summed E-state index contributed by atoms with van der Waals surface area (Å²) in [6.45, 7) is 1.83. The first kappa shape index (κ1) is 9.53. The highest BCUT2D eigenvalue weighted by Gasteiger charge is 2.22. The summed E-state index contributed by atoms with van der Waals surface area (Å²) in [5, 5.41) is 21.3. The van der Waals surface area contributed by atoms with E-state index in [1.165, 1.54) is 6.20 Å². The van der Waals surface area contributed by atoms with Crippen LogP contribution in [0.3, 0.4) is 0 Å². The van der Waals surface area contributed by atoms with Crippen LogP contribution in [-0.4, -0.2) is 26.2 Å². The average molecular weight is 185 g/mol. The molecule has 0 spiro atoms. The Bertz CT molecular complexity index is 321. The van der Waals surface area contributed by atoms with Crippen LogP contribution in [0.2, 0.25) is 0 Å². The summed E-state index contributed by atoms with van der Waals surface area (Å²) in [7, 11) is 0. The summed E-state index contributed by atoms with van der Waals surface area (Å²) in [6, 6.07) is -1.23. The minimum atomic E-state index is -1.23. The number of hydrogen-bond acceptors (Lipinski definition) is 4. The van der Waals surface area contributed by atoms with Gasteiger partial charge in [0, 0.05) is 0 Å². The fourth-order valence-corrected chi connectivity index (χ4v) is 1.09. The van der Waals surface area contributed by atoms with Crippen LogP contribution in [0, 0.1) is 0 Å². The van der Waals surface area contributed by atoms with Gasteiger partial charge >= 0.3 is 5.97 Å². The van der Waals surface area contributed by atoms with Crippen molar-refractivity contribution in [3.63, 3.8) is 0 Å². The third-order valence-electron chi connectivity index (χ3n) is 1.81. The molecule has 0 radical (unpaired) electrons. The van der Waals surface area contributed by atoms with Gasteiger partial charge in [-0.05, 0) is 12.0 Å². The summed E-state index contributed by atoms with van der Waals surface area (Å²) in [4.78, 5) is 11.1. The van der Waals surface area contributed by atoms with Crippen LogP contribution in [0.25, 0.3) is 0 Å². The molecule has 0 unspecified atom stereocenters. The van der Waals surface area contributed by atoms with E-state index in [1.54, 1.807) is 0 Å². The Morgan fingerprint density at radius 2 is 2.46 bits per heavy atom. The lowest BCUT2D eigenvalue weighted by Crippen LogP contribution is -2.24. The van der Waals surface area contributed by atoms with Crippen molar-refractivity contribution in [2.45, 2.75) is 19.4 Å². The fourth-order valence-electron chi connectivity index (χ4n) is 1.09. The van der Waals surface area contributed by atoms with Crippen molar-refractivity contribution < 1.29 is 15.1 Å². The Kier molecular flexibility index (Phi) is 2.52. The number of aryl methyl sites for hydroxylation is 1. The zero-order valence-corrected chi connectivity index (χ0v) is 7.14. The number of nitrogens with zero attached hydrogens (tertiary/aromatic N) is 2. The minimum absolute atomic E-state index is 0.134. The quantitative estimate of drug-likeness (QED) is 0.564. The predicted molar refractivity (Wildman–Crippen MR) is 43.4 cm³/mol. The van der Waals surface area contributed by atoms with Crippen LogP contribution in [0.15, 0.2) is 6.20 Å². The van der Waals surface area contributed by atoms with Gasteiger partial charge in [-0.1, -0.05) is 6.92 Å². The second kappa shape index (κ2) is 3.44. The third kappa shape index (κ3) is 1.62. The molecule has 0 saturated heterocycles. The fraction of sp³-hybridized carbons (Fsp3) is 0.429. The van der Waals surface area contributed by atoms with Crippen LogP contribution < -0.4 is 5.73 Å². The van der Waals surface area contributed by atoms with E-state index in [-0.39, 0.29) is 5.69 Å². The first-order chi connectivity index (χ1) is 6.07. The molecule has 72 valence electrons. The van der Waals surface area contributed by atoms with Gasteiger partial charge in [0.25, 0.3) is 0 Å². The summed E-state index contributed by atoms with van der Waals surface area (Å²) < 4.78 is 0. The summed E-state index contributed by atoms with van der Waals surface area (Å²) in [5.41, 5.74) is 6.11. The molecule has 0 amide bonds. The van der Waals surface area contributed by atoms with Crippen molar-refractivity contribution in [2.24, 2.45) is 5.73 Å². The molecular formula is C7H11N3O3. The van der Waals surface area contributed by atoms with E-state index < -0.39 is 12.0 Å². The van der Waals surface area contributed by atoms with Gasteiger partial charge in [-0.2, -0.15) is 0 Å². The van der Waals surface area contributed by atoms with Crippen molar-refractivity contribution in [3.8, 4) is 0 Å². The van der Waals surface area contributed by atoms with E-state index in [4.69, 9.17) is 16.0 Å². The molecule has 0 aliphatic carbocycles. The Labute approximate surface area is 74.5 Å². The summed E-state index contributed by atoms with van der Waals surface area (Å²) in [5.74, 6) is -1.19. The molecule has 1 heterocycles. The molecule has 13 heavy (non-hydrogen) atoms. The van der Waals surface area contributed by atoms with E-state index in [1.807, 2.05) is 6.92 Å². The van der Waals surface area contributed by atoms with E-state index in [9.17, 15) is 4.79 Å². The van der Waals surface area contributed by atoms with Crippen LogP contribution in [-0.2, 0) is 11.2 Å². The monoisotopic (exact) mass is 185 g/mol. The van der Waals surface area contributed by atoms with Crippen LogP contribution in [0.4, 0.5) is 0 Å². The Balaban J connectivity index is 3.10. The topological polar surface area (TPSA) is 101 Å². The molecule has 6 heteroatoms. The van der Waals surface area contributed by atoms with Gasteiger partial charge in [0.15, 0.2) is 0 Å². The normalized spacial score (nSPS) is 12.8. The predicted octanol–water partition coefficient (Wildman–Crippen LogP) is -0.233. The molecule has 4 N–H and O–H groups in total. The maximum absolute atomic E-state index is 10.5. The van der Waals surface area contributed by atoms with E-state index in [0.29, 0.717) is 16.8 Å². The number of aliphatic carboxylic acids is 1. The molecule has 0 saturated carbocycles. The molecule has 1 aromatic heterocycles. The third-order valence-corrected chi connectivity index (χ3v) is 1.81. The van der Waals surface area contributed by atoms with E-state index in [0.717, 1.165) is 0 Å². The molecule has 0 fully saturated rings. The highest BCUT2D eigenvalue weighted by atomic mass is 16.5. The van der Waals surface area contributed by atoms with Crippen LogP contribution in [0.5, 0.6) is 0 Å². The van der Waals surface area contributed by atoms with E-state index in [2.05, 4.69) is 5.10 Å². The van der Waals surface area contributed by atoms with Gasteiger partial charge in [0.05, 0.1) is 6.20 Å². The summed E-state index contributed by atoms with van der Waals surface area (Å²) in [6.07, 6.45) is 1.98. The van der Waals surface area contributed by atoms with Gasteiger partial charge in [-0.25, -0.2) is 0 Å². The molecule has 0 aromatic carbocycles. The second-order valence-electron chi connectivity index (χ2n) is 2.61. The molecule has 1 rings (SSSR count). The smallest absolute Gasteiger partial charge is 0.326 e. The molecule has 0 bridgehead atoms. The number of rotatable bonds is 3. The van der Waals surface area contributed by atoms with Gasteiger partial charge in [-0.3, -0.25) is 4.79 Å². The number of carbonyl (C=O) groups is 1. The molecular weight excluding hydrogens is 174 g/mol. The molecule has 0 aliphatic heterocycles. The molecule has 6 nitrogen and oxygen atoms in total. The molecule has 1 aromatic rings. The van der Waals surface area contributed by atoms with Crippen molar-refractivity contribution in [3.05, 3.63) is 17.5 Å². The van der Waals surface area contributed by atoms with Gasteiger partial charge in [0.2, 0.25) is 0 Å². The largest absolute Gasteiger partial charge is 0.480 e. The zero-order valence-electron chi connectivity index (χ0n) is 7.14. The lowest BCUT2D eigenvalue weighted by molar-refractivity contribution is -0.139. The average Bonchev–Trinajstić information content (AvgIpc) is 2.45. The Morgan fingerprint density at radius 3 is 2.92 bits per heavy atom. The minimum Gasteiger partial charge on any atom is -0.480 e. The lowest BCUT2D eigenvalue weighted by atomic mass is 10.1. The van der Waals surface area contributed by atoms with Gasteiger partial charge in [0.1, 0.15) is 11.7 Å². The standard InChI is InChI=1S/C7H11N3O3/c1-2-4-3-9-10(13)6(4)5(8)7(11)12/h3,5,13H,2,8H2,1H3,(H,11,12)/t5-/m1/s1. The number of carboxylic acids is 1. The SMILES string of the molecule is CCc1cnn(O)c1[C@@H](N)C(=O)O. The highest BCUT2D eigenvalue weighted by molar-refractivity contribution is 5.75. The molecule has 1 atom stereocenters. The maximum atomic E-state index is 10.5. The Hall–Kier alpha value is -1.56. The number of aromatic nitrogens is 2. The molecule has 0 aliphatic rings. The first-order valence-electron chi connectivity index (χ1n) is 3.82. The van der Waals surface area contributed by atoms with Gasteiger partial charge in [-0.15, -0.1) is 9.94 Å². The van der Waals surface area contributed by atoms with Crippen molar-refractivity contribution in [1.82, 2.24) is 9.94 Å². The van der Waals surface area contributed by atoms with E-state index >= 15 is 0 Å². The number of hydrogen-bond donors (Lipinski definition) is 3. The van der Waals surface area contributed by atoms with Gasteiger partial charge < -0.3 is 16.0 Å².